The molecular formula is C19H16ClF5N6O2S. The zero-order chi connectivity index (χ0) is 24.9. The first-order valence-electron chi connectivity index (χ1n) is 9.60. The molecule has 4 N–H and O–H groups in total. The van der Waals surface area contributed by atoms with Gasteiger partial charge in [0.15, 0.2) is 0 Å². The van der Waals surface area contributed by atoms with E-state index in [4.69, 9.17) is 17.3 Å². The van der Waals surface area contributed by atoms with Gasteiger partial charge in [0.1, 0.15) is 0 Å². The van der Waals surface area contributed by atoms with E-state index in [1.807, 2.05) is 0 Å². The number of nitrogens with two attached hydrogens (primary N) is 1. The summed E-state index contributed by atoms with van der Waals surface area (Å²) >= 11 is 6.19. The van der Waals surface area contributed by atoms with E-state index in [2.05, 4.69) is 20.5 Å². The van der Waals surface area contributed by atoms with Crippen LogP contribution in [0.4, 0.5) is 39.5 Å². The highest BCUT2D eigenvalue weighted by Crippen LogP contribution is 2.43. The summed E-state index contributed by atoms with van der Waals surface area (Å²) in [5, 5.41) is 8.29. The van der Waals surface area contributed by atoms with E-state index < -0.39 is 40.7 Å². The molecule has 1 fully saturated rings. The second-order valence-corrected chi connectivity index (χ2v) is 9.86. The topological polar surface area (TPSA) is 117 Å². The minimum Gasteiger partial charge on any atom is -0.368 e. The number of sulfonamides is 1. The molecule has 0 spiro atoms. The number of halogens is 6. The highest BCUT2D eigenvalue weighted by Gasteiger charge is 2.43. The molecule has 0 amide bonds. The molecule has 8 nitrogen and oxygen atoms in total. The van der Waals surface area contributed by atoms with Crippen LogP contribution in [0, 0.1) is 0 Å². The Morgan fingerprint density at radius 3 is 2.38 bits per heavy atom. The lowest BCUT2D eigenvalue weighted by atomic mass is 9.98. The first kappa shape index (κ1) is 24.2. The van der Waals surface area contributed by atoms with Gasteiger partial charge in [-0.1, -0.05) is 23.7 Å². The van der Waals surface area contributed by atoms with Crippen molar-refractivity contribution in [1.82, 2.24) is 19.5 Å². The molecule has 1 aromatic heterocycles. The quantitative estimate of drug-likeness (QED) is 0.425. The highest BCUT2D eigenvalue weighted by atomic mass is 35.5. The van der Waals surface area contributed by atoms with E-state index in [0.29, 0.717) is 4.31 Å². The number of aromatic nitrogens is 3. The molecular weight excluding hydrogens is 507 g/mol. The number of nitrogen functional groups attached to an aromatic ring is 1. The normalized spacial score (nSPS) is 16.6. The van der Waals surface area contributed by atoms with Crippen molar-refractivity contribution in [2.24, 2.45) is 0 Å². The van der Waals surface area contributed by atoms with Gasteiger partial charge in [0, 0.05) is 24.2 Å². The number of hydrogen-bond acceptors (Lipinski definition) is 6. The molecule has 2 aromatic carbocycles. The van der Waals surface area contributed by atoms with Gasteiger partial charge >= 0.3 is 6.18 Å². The van der Waals surface area contributed by atoms with E-state index in [1.165, 1.54) is 6.07 Å². The summed E-state index contributed by atoms with van der Waals surface area (Å²) < 4.78 is 94.4. The van der Waals surface area contributed by atoms with Crippen LogP contribution in [0.5, 0.6) is 0 Å². The second kappa shape index (κ2) is 8.36. The summed E-state index contributed by atoms with van der Waals surface area (Å²) in [6.07, 6.45) is -5.42. The largest absolute Gasteiger partial charge is 0.417 e. The lowest BCUT2D eigenvalue weighted by Crippen LogP contribution is -2.31. The monoisotopic (exact) mass is 522 g/mol. The van der Waals surface area contributed by atoms with Crippen molar-refractivity contribution in [3.05, 3.63) is 47.0 Å². The van der Waals surface area contributed by atoms with Gasteiger partial charge in [0.2, 0.25) is 21.9 Å². The van der Waals surface area contributed by atoms with E-state index in [1.54, 1.807) is 0 Å². The maximum atomic E-state index is 13.9. The third-order valence-electron chi connectivity index (χ3n) is 5.07. The Morgan fingerprint density at radius 2 is 1.85 bits per heavy atom. The molecule has 2 heterocycles. The van der Waals surface area contributed by atoms with Crippen molar-refractivity contribution < 1.29 is 30.4 Å². The first-order chi connectivity index (χ1) is 15.8. The van der Waals surface area contributed by atoms with Crippen LogP contribution in [-0.2, 0) is 16.2 Å². The van der Waals surface area contributed by atoms with Crippen LogP contribution in [0.25, 0.3) is 11.1 Å². The zero-order valence-electron chi connectivity index (χ0n) is 17.0. The predicted octanol–water partition coefficient (Wildman–Crippen LogP) is 4.50. The minimum atomic E-state index is -4.82. The maximum Gasteiger partial charge on any atom is 0.417 e. The van der Waals surface area contributed by atoms with Gasteiger partial charge < -0.3 is 11.1 Å². The van der Waals surface area contributed by atoms with Gasteiger partial charge in [-0.05, 0) is 29.8 Å². The SMILES string of the molecule is Nc1nc(Nc2cc(Cl)c(-c3ccc(S(=O)(=O)N4CCC(F)(F)C4)cc3)c(C(F)(F)F)c2)n[nH]1. The Morgan fingerprint density at radius 1 is 1.18 bits per heavy atom. The van der Waals surface area contributed by atoms with Gasteiger partial charge in [-0.3, -0.25) is 0 Å². The van der Waals surface area contributed by atoms with Crippen LogP contribution in [0.1, 0.15) is 12.0 Å². The van der Waals surface area contributed by atoms with Crippen molar-refractivity contribution in [2.45, 2.75) is 23.4 Å². The van der Waals surface area contributed by atoms with Crippen molar-refractivity contribution in [3.8, 4) is 11.1 Å². The molecule has 0 aliphatic carbocycles. The summed E-state index contributed by atoms with van der Waals surface area (Å²) in [4.78, 5) is 3.43. The van der Waals surface area contributed by atoms with E-state index >= 15 is 0 Å². The summed E-state index contributed by atoms with van der Waals surface area (Å²) in [6.45, 7) is -1.31. The first-order valence-corrected chi connectivity index (χ1v) is 11.4. The number of nitrogens with one attached hydrogen (secondary N) is 2. The Kier molecular flexibility index (Phi) is 5.94. The van der Waals surface area contributed by atoms with Gasteiger partial charge in [-0.2, -0.15) is 22.5 Å². The summed E-state index contributed by atoms with van der Waals surface area (Å²) in [7, 11) is -4.24. The molecule has 1 aliphatic heterocycles. The number of alkyl halides is 5. The number of benzene rings is 2. The zero-order valence-corrected chi connectivity index (χ0v) is 18.6. The van der Waals surface area contributed by atoms with Crippen LogP contribution in [0.2, 0.25) is 5.02 Å². The van der Waals surface area contributed by atoms with Crippen molar-refractivity contribution in [2.75, 3.05) is 24.1 Å². The van der Waals surface area contributed by atoms with E-state index in [0.717, 1.165) is 30.3 Å². The Balaban J connectivity index is 1.69. The third-order valence-corrected chi connectivity index (χ3v) is 7.23. The molecule has 0 atom stereocenters. The van der Waals surface area contributed by atoms with Crippen LogP contribution in [-0.4, -0.2) is 46.9 Å². The van der Waals surface area contributed by atoms with Gasteiger partial charge in [0.25, 0.3) is 5.92 Å². The number of H-pyrrole nitrogens is 1. The van der Waals surface area contributed by atoms with Crippen LogP contribution in [0.3, 0.4) is 0 Å². The predicted molar refractivity (Wildman–Crippen MR) is 114 cm³/mol. The van der Waals surface area contributed by atoms with Crippen molar-refractivity contribution in [1.29, 1.82) is 0 Å². The van der Waals surface area contributed by atoms with Gasteiger partial charge in [-0.15, -0.1) is 5.10 Å². The van der Waals surface area contributed by atoms with Gasteiger partial charge in [-0.25, -0.2) is 22.3 Å². The van der Waals surface area contributed by atoms with Crippen LogP contribution in [0.15, 0.2) is 41.3 Å². The molecule has 15 heteroatoms. The summed E-state index contributed by atoms with van der Waals surface area (Å²) in [5.74, 6) is -3.25. The Hall–Kier alpha value is -2.97. The summed E-state index contributed by atoms with van der Waals surface area (Å²) in [5.41, 5.74) is 3.84. The maximum absolute atomic E-state index is 13.9. The number of aromatic amines is 1. The lowest BCUT2D eigenvalue weighted by molar-refractivity contribution is -0.137. The van der Waals surface area contributed by atoms with E-state index in [9.17, 15) is 30.4 Å². The molecule has 0 radical (unpaired) electrons. The van der Waals surface area contributed by atoms with Crippen molar-refractivity contribution in [3.63, 3.8) is 0 Å². The molecule has 4 rings (SSSR count). The molecule has 0 bridgehead atoms. The lowest BCUT2D eigenvalue weighted by Gasteiger charge is -2.18. The fraction of sp³-hybridized carbons (Fsp3) is 0.263. The molecule has 1 saturated heterocycles. The number of nitrogens with zero attached hydrogens (tertiary/aromatic N) is 3. The minimum absolute atomic E-state index is 0.0169. The van der Waals surface area contributed by atoms with Crippen LogP contribution < -0.4 is 11.1 Å². The fourth-order valence-corrected chi connectivity index (χ4v) is 5.30. The van der Waals surface area contributed by atoms with Crippen molar-refractivity contribution >= 4 is 39.2 Å². The number of anilines is 3. The molecule has 0 unspecified atom stereocenters. The highest BCUT2D eigenvalue weighted by molar-refractivity contribution is 7.89. The van der Waals surface area contributed by atoms with Crippen LogP contribution >= 0.6 is 11.6 Å². The molecule has 1 aliphatic rings. The third kappa shape index (κ3) is 4.79. The van der Waals surface area contributed by atoms with Gasteiger partial charge in [0.05, 0.1) is 22.0 Å². The Bertz CT molecular complexity index is 1330. The summed E-state index contributed by atoms with van der Waals surface area (Å²) in [6, 6.07) is 6.40. The average molecular weight is 523 g/mol. The standard InChI is InChI=1S/C19H16ClF5N6O2S/c20-14-8-11(27-17-28-16(26)29-30-17)7-13(19(23,24)25)15(14)10-1-3-12(4-2-10)34(32,33)31-6-5-18(21,22)9-31/h1-4,7-8H,5-6,9H2,(H4,26,27,28,29,30). The van der Waals surface area contributed by atoms with E-state index in [-0.39, 0.29) is 45.2 Å². The molecule has 182 valence electrons. The molecule has 3 aromatic rings. The fourth-order valence-electron chi connectivity index (χ4n) is 3.51. The average Bonchev–Trinajstić information content (AvgIpc) is 3.32. The number of rotatable bonds is 5. The molecule has 0 saturated carbocycles. The Labute approximate surface area is 195 Å². The smallest absolute Gasteiger partial charge is 0.368 e. The second-order valence-electron chi connectivity index (χ2n) is 7.52. The molecule has 34 heavy (non-hydrogen) atoms. The number of hydrogen-bond donors (Lipinski definition) is 3.